The van der Waals surface area contributed by atoms with E-state index < -0.39 is 16.0 Å². The summed E-state index contributed by atoms with van der Waals surface area (Å²) in [5, 5.41) is 3.83. The summed E-state index contributed by atoms with van der Waals surface area (Å²) in [7, 11) is -3.82. The maximum atomic E-state index is 12.5. The number of sulfonamides is 1. The summed E-state index contributed by atoms with van der Waals surface area (Å²) in [5.41, 5.74) is 1.70. The summed E-state index contributed by atoms with van der Waals surface area (Å²) < 4.78 is 36.4. The summed E-state index contributed by atoms with van der Waals surface area (Å²) in [5.74, 6) is 0.317. The van der Waals surface area contributed by atoms with Gasteiger partial charge in [0.2, 0.25) is 0 Å². The Hall–Kier alpha value is -3.17. The van der Waals surface area contributed by atoms with Crippen molar-refractivity contribution in [1.29, 1.82) is 0 Å². The van der Waals surface area contributed by atoms with E-state index in [1.54, 1.807) is 54.6 Å². The third-order valence-electron chi connectivity index (χ3n) is 4.28. The average molecular weight is 517 g/mol. The molecule has 0 unspecified atom stereocenters. The van der Waals surface area contributed by atoms with Crippen LogP contribution in [0.2, 0.25) is 0 Å². The summed E-state index contributed by atoms with van der Waals surface area (Å²) in [6.07, 6.45) is 1.28. The lowest BCUT2D eigenvalue weighted by molar-refractivity contribution is 0.0734. The van der Waals surface area contributed by atoms with Crippen LogP contribution in [0.1, 0.15) is 28.4 Å². The molecule has 9 heteroatoms. The molecule has 0 fully saturated rings. The van der Waals surface area contributed by atoms with Gasteiger partial charge in [-0.05, 0) is 68.4 Å². The Bertz CT molecular complexity index is 1220. The molecule has 166 valence electrons. The number of hydrogen-bond acceptors (Lipinski definition) is 6. The molecule has 0 aliphatic carbocycles. The van der Waals surface area contributed by atoms with Crippen LogP contribution in [0.25, 0.3) is 0 Å². The minimum atomic E-state index is -3.82. The van der Waals surface area contributed by atoms with E-state index in [4.69, 9.17) is 9.47 Å². The van der Waals surface area contributed by atoms with Crippen LogP contribution in [0.3, 0.4) is 0 Å². The molecule has 0 saturated heterocycles. The zero-order valence-corrected chi connectivity index (χ0v) is 19.8. The van der Waals surface area contributed by atoms with Gasteiger partial charge in [0, 0.05) is 10.0 Å². The number of aryl methyl sites for hydroxylation is 1. The first kappa shape index (κ1) is 23.5. The number of hydrazone groups is 1. The van der Waals surface area contributed by atoms with Gasteiger partial charge in [-0.1, -0.05) is 33.6 Å². The van der Waals surface area contributed by atoms with E-state index in [-0.39, 0.29) is 10.6 Å². The van der Waals surface area contributed by atoms with Crippen molar-refractivity contribution >= 4 is 38.1 Å². The number of halogens is 1. The van der Waals surface area contributed by atoms with Crippen molar-refractivity contribution in [1.82, 2.24) is 4.83 Å². The topological polar surface area (TPSA) is 94.1 Å². The fourth-order valence-corrected chi connectivity index (χ4v) is 3.83. The minimum absolute atomic E-state index is 0.0941. The predicted molar refractivity (Wildman–Crippen MR) is 126 cm³/mol. The zero-order valence-electron chi connectivity index (χ0n) is 17.4. The molecular formula is C23H21BrN2O5S. The van der Waals surface area contributed by atoms with Crippen molar-refractivity contribution in [3.63, 3.8) is 0 Å². The minimum Gasteiger partial charge on any atom is -0.494 e. The van der Waals surface area contributed by atoms with Crippen LogP contribution in [0.15, 0.2) is 81.2 Å². The van der Waals surface area contributed by atoms with Crippen LogP contribution in [0, 0.1) is 6.92 Å². The normalized spacial score (nSPS) is 11.3. The van der Waals surface area contributed by atoms with Gasteiger partial charge in [-0.3, -0.25) is 0 Å². The number of hydrogen-bond donors (Lipinski definition) is 1. The number of ether oxygens (including phenoxy) is 2. The molecule has 0 aliphatic rings. The van der Waals surface area contributed by atoms with Gasteiger partial charge in [0.15, 0.2) is 0 Å². The number of carbonyl (C=O) groups is 1. The molecule has 0 spiro atoms. The van der Waals surface area contributed by atoms with Gasteiger partial charge in [0.1, 0.15) is 11.5 Å². The van der Waals surface area contributed by atoms with Gasteiger partial charge in [0.25, 0.3) is 10.0 Å². The lowest BCUT2D eigenvalue weighted by atomic mass is 10.2. The first-order valence-corrected chi connectivity index (χ1v) is 11.9. The molecule has 7 nitrogen and oxygen atoms in total. The second-order valence-electron chi connectivity index (χ2n) is 6.70. The molecule has 0 heterocycles. The fourth-order valence-electron chi connectivity index (χ4n) is 2.66. The molecule has 32 heavy (non-hydrogen) atoms. The van der Waals surface area contributed by atoms with E-state index in [2.05, 4.69) is 25.9 Å². The van der Waals surface area contributed by atoms with E-state index in [9.17, 15) is 13.2 Å². The van der Waals surface area contributed by atoms with Gasteiger partial charge in [-0.2, -0.15) is 13.5 Å². The molecule has 3 rings (SSSR count). The van der Waals surface area contributed by atoms with Crippen LogP contribution < -0.4 is 14.3 Å². The Kier molecular flexibility index (Phi) is 7.66. The second-order valence-corrected chi connectivity index (χ2v) is 9.27. The molecule has 1 N–H and O–H groups in total. The number of carbonyl (C=O) groups excluding carboxylic acids is 1. The number of esters is 1. The van der Waals surface area contributed by atoms with Crippen molar-refractivity contribution in [3.8, 4) is 11.5 Å². The highest BCUT2D eigenvalue weighted by Gasteiger charge is 2.14. The van der Waals surface area contributed by atoms with E-state index in [1.807, 2.05) is 13.8 Å². The highest BCUT2D eigenvalue weighted by atomic mass is 79.9. The Labute approximate surface area is 195 Å². The molecule has 0 atom stereocenters. The van der Waals surface area contributed by atoms with E-state index in [0.717, 1.165) is 5.56 Å². The number of nitrogens with one attached hydrogen (secondary N) is 1. The quantitative estimate of drug-likeness (QED) is 0.203. The molecular weight excluding hydrogens is 496 g/mol. The van der Waals surface area contributed by atoms with Crippen LogP contribution >= 0.6 is 15.9 Å². The van der Waals surface area contributed by atoms with E-state index in [1.165, 1.54) is 18.3 Å². The van der Waals surface area contributed by atoms with Crippen LogP contribution in [0.5, 0.6) is 11.5 Å². The zero-order chi connectivity index (χ0) is 23.1. The summed E-state index contributed by atoms with van der Waals surface area (Å²) in [4.78, 5) is 14.8. The highest BCUT2D eigenvalue weighted by Crippen LogP contribution is 2.23. The van der Waals surface area contributed by atoms with Crippen molar-refractivity contribution < 1.29 is 22.7 Å². The smallest absolute Gasteiger partial charge is 0.343 e. The van der Waals surface area contributed by atoms with Gasteiger partial charge in [-0.15, -0.1) is 0 Å². The molecule has 0 amide bonds. The Morgan fingerprint density at radius 3 is 2.41 bits per heavy atom. The third kappa shape index (κ3) is 6.18. The van der Waals surface area contributed by atoms with Gasteiger partial charge in [-0.25, -0.2) is 9.63 Å². The Morgan fingerprint density at radius 1 is 1.06 bits per heavy atom. The molecule has 0 saturated carbocycles. The van der Waals surface area contributed by atoms with E-state index in [0.29, 0.717) is 28.0 Å². The average Bonchev–Trinajstić information content (AvgIpc) is 2.76. The largest absolute Gasteiger partial charge is 0.494 e. The number of rotatable bonds is 8. The maximum absolute atomic E-state index is 12.5. The van der Waals surface area contributed by atoms with Crippen LogP contribution in [-0.4, -0.2) is 27.2 Å². The standard InChI is InChI=1S/C23H21BrN2O5S/c1-3-30-20-9-6-17(7-10-20)23(27)31-22-13-8-19(24)14-18(22)15-25-26-32(28,29)21-11-4-16(2)5-12-21/h4-15,26H,3H2,1-2H3/b25-15-. The van der Waals surface area contributed by atoms with Crippen molar-refractivity contribution in [2.75, 3.05) is 6.61 Å². The first-order chi connectivity index (χ1) is 15.3. The fraction of sp³-hybridized carbons (Fsp3) is 0.130. The third-order valence-corrected chi connectivity index (χ3v) is 6.02. The molecule has 3 aromatic carbocycles. The highest BCUT2D eigenvalue weighted by molar-refractivity contribution is 9.10. The molecule has 3 aromatic rings. The SMILES string of the molecule is CCOc1ccc(C(=O)Oc2ccc(Br)cc2/C=N\NS(=O)(=O)c2ccc(C)cc2)cc1. The van der Waals surface area contributed by atoms with Crippen LogP contribution in [0.4, 0.5) is 0 Å². The molecule has 0 aromatic heterocycles. The summed E-state index contributed by atoms with van der Waals surface area (Å²) >= 11 is 3.35. The first-order valence-electron chi connectivity index (χ1n) is 9.64. The molecule has 0 bridgehead atoms. The van der Waals surface area contributed by atoms with Gasteiger partial charge < -0.3 is 9.47 Å². The monoisotopic (exact) mass is 516 g/mol. The lowest BCUT2D eigenvalue weighted by Crippen LogP contribution is -2.18. The Morgan fingerprint density at radius 2 is 1.75 bits per heavy atom. The number of nitrogens with zero attached hydrogens (tertiary/aromatic N) is 1. The number of benzene rings is 3. The van der Waals surface area contributed by atoms with Gasteiger partial charge >= 0.3 is 5.97 Å². The van der Waals surface area contributed by atoms with Crippen molar-refractivity contribution in [2.45, 2.75) is 18.7 Å². The Balaban J connectivity index is 1.75. The predicted octanol–water partition coefficient (Wildman–Crippen LogP) is 4.69. The molecule has 0 radical (unpaired) electrons. The van der Waals surface area contributed by atoms with Crippen molar-refractivity contribution in [3.05, 3.63) is 87.9 Å². The lowest BCUT2D eigenvalue weighted by Gasteiger charge is -2.09. The van der Waals surface area contributed by atoms with Crippen LogP contribution in [-0.2, 0) is 10.0 Å². The maximum Gasteiger partial charge on any atom is 0.343 e. The summed E-state index contributed by atoms with van der Waals surface area (Å²) in [6, 6.07) is 17.9. The second kappa shape index (κ2) is 10.4. The van der Waals surface area contributed by atoms with Crippen molar-refractivity contribution in [2.24, 2.45) is 5.10 Å². The molecule has 0 aliphatic heterocycles. The van der Waals surface area contributed by atoms with Gasteiger partial charge in [0.05, 0.1) is 23.3 Å². The van der Waals surface area contributed by atoms with E-state index >= 15 is 0 Å². The summed E-state index contributed by atoms with van der Waals surface area (Å²) in [6.45, 7) is 4.27.